The van der Waals surface area contributed by atoms with E-state index in [4.69, 9.17) is 5.73 Å². The maximum absolute atomic E-state index is 12.2. The van der Waals surface area contributed by atoms with Crippen molar-refractivity contribution in [1.29, 1.82) is 0 Å². The first-order valence-electron chi connectivity index (χ1n) is 12.2. The first-order chi connectivity index (χ1) is 19.7. The van der Waals surface area contributed by atoms with Crippen LogP contribution in [-0.4, -0.2) is 46.4 Å². The largest absolute Gasteiger partial charge is 0.505 e. The maximum atomic E-state index is 12.2. The van der Waals surface area contributed by atoms with Crippen molar-refractivity contribution in [2.45, 2.75) is 28.5 Å². The van der Waals surface area contributed by atoms with Crippen LogP contribution in [0.1, 0.15) is 13.8 Å². The van der Waals surface area contributed by atoms with E-state index in [0.717, 1.165) is 18.2 Å². The van der Waals surface area contributed by atoms with E-state index in [1.165, 1.54) is 55.5 Å². The van der Waals surface area contributed by atoms with E-state index >= 15 is 0 Å². The molecule has 0 amide bonds. The highest BCUT2D eigenvalue weighted by Crippen LogP contribution is 2.42. The van der Waals surface area contributed by atoms with Crippen LogP contribution in [0.25, 0.3) is 10.8 Å². The number of nitrogens with two attached hydrogens (primary N) is 1. The number of sulfone groups is 2. The number of fused-ring (bicyclic) bond motifs is 1. The number of aromatic hydroxyl groups is 1. The number of anilines is 1. The van der Waals surface area contributed by atoms with Gasteiger partial charge in [-0.1, -0.05) is 13.8 Å². The van der Waals surface area contributed by atoms with E-state index in [1.807, 2.05) is 0 Å². The van der Waals surface area contributed by atoms with Crippen molar-refractivity contribution in [2.75, 3.05) is 17.2 Å². The molecule has 42 heavy (non-hydrogen) atoms. The van der Waals surface area contributed by atoms with Crippen LogP contribution < -0.4 is 5.73 Å². The van der Waals surface area contributed by atoms with Gasteiger partial charge in [0.1, 0.15) is 22.0 Å². The summed E-state index contributed by atoms with van der Waals surface area (Å²) in [5, 5.41) is 27.6. The van der Waals surface area contributed by atoms with E-state index in [9.17, 15) is 34.9 Å². The van der Waals surface area contributed by atoms with Crippen molar-refractivity contribution >= 4 is 69.0 Å². The zero-order valence-electron chi connectivity index (χ0n) is 22.2. The van der Waals surface area contributed by atoms with Gasteiger partial charge in [-0.05, 0) is 66.7 Å². The Kier molecular flexibility index (Phi) is 8.45. The number of hydrogen-bond acceptors (Lipinski definition) is 12. The molecular weight excluding hydrogens is 607 g/mol. The van der Waals surface area contributed by atoms with Crippen molar-refractivity contribution in [1.82, 2.24) is 0 Å². The molecule has 0 aliphatic rings. The molecule has 0 fully saturated rings. The minimum absolute atomic E-state index is 0.0390. The molecular formula is C26H25N5O8S3. The predicted octanol–water partition coefficient (Wildman–Crippen LogP) is 5.79. The fourth-order valence-electron chi connectivity index (χ4n) is 3.82. The summed E-state index contributed by atoms with van der Waals surface area (Å²) in [4.78, 5) is -0.922. The monoisotopic (exact) mass is 631 g/mol. The van der Waals surface area contributed by atoms with Gasteiger partial charge < -0.3 is 10.8 Å². The summed E-state index contributed by atoms with van der Waals surface area (Å²) in [6, 6.07) is 14.7. The van der Waals surface area contributed by atoms with Gasteiger partial charge in [0.15, 0.2) is 25.4 Å². The van der Waals surface area contributed by atoms with Gasteiger partial charge in [0, 0.05) is 10.8 Å². The standard InChI is InChI=1S/C26H25N5O8S3/c1-3-40(33,34)17-7-5-16(6-8-17)28-31-25-19-11-14-23(26(32)20(19)10-12-21(25)27)30-29-22-13-9-18(41(35,36)4-2)15-24(22)42(37,38)39/h5-15,32H,3-4,27H2,1-2H3,(H,37,38,39). The third-order valence-electron chi connectivity index (χ3n) is 6.21. The number of phenolic OH excluding ortho intramolecular Hbond substituents is 1. The fourth-order valence-corrected chi connectivity index (χ4v) is 6.33. The van der Waals surface area contributed by atoms with Gasteiger partial charge in [-0.2, -0.15) is 13.5 Å². The van der Waals surface area contributed by atoms with E-state index in [0.29, 0.717) is 11.1 Å². The maximum Gasteiger partial charge on any atom is 0.296 e. The topological polar surface area (TPSA) is 218 Å². The van der Waals surface area contributed by atoms with Crippen molar-refractivity contribution < 1.29 is 34.9 Å². The molecule has 0 atom stereocenters. The van der Waals surface area contributed by atoms with Gasteiger partial charge in [-0.15, -0.1) is 15.3 Å². The van der Waals surface area contributed by atoms with Gasteiger partial charge in [0.2, 0.25) is 0 Å². The Morgan fingerprint density at radius 2 is 1.21 bits per heavy atom. The molecule has 4 N–H and O–H groups in total. The van der Waals surface area contributed by atoms with Gasteiger partial charge in [-0.25, -0.2) is 16.8 Å². The Morgan fingerprint density at radius 1 is 0.667 bits per heavy atom. The zero-order chi connectivity index (χ0) is 30.9. The number of benzene rings is 4. The van der Waals surface area contributed by atoms with E-state index in [2.05, 4.69) is 20.5 Å². The number of azo groups is 2. The molecule has 0 aliphatic carbocycles. The van der Waals surface area contributed by atoms with Crippen molar-refractivity contribution in [3.05, 3.63) is 66.7 Å². The lowest BCUT2D eigenvalue weighted by atomic mass is 10.1. The van der Waals surface area contributed by atoms with Crippen molar-refractivity contribution in [2.24, 2.45) is 20.5 Å². The molecule has 0 aliphatic heterocycles. The molecule has 4 aromatic carbocycles. The number of hydrogen-bond donors (Lipinski definition) is 3. The van der Waals surface area contributed by atoms with Crippen LogP contribution in [0.4, 0.5) is 28.4 Å². The fraction of sp³-hybridized carbons (Fsp3) is 0.154. The van der Waals surface area contributed by atoms with Crippen LogP contribution in [0.15, 0.2) is 102 Å². The molecule has 16 heteroatoms. The number of nitrogen functional groups attached to an aromatic ring is 1. The predicted molar refractivity (Wildman–Crippen MR) is 157 cm³/mol. The van der Waals surface area contributed by atoms with E-state index < -0.39 is 34.7 Å². The smallest absolute Gasteiger partial charge is 0.296 e. The van der Waals surface area contributed by atoms with Gasteiger partial charge in [0.05, 0.1) is 32.7 Å². The highest BCUT2D eigenvalue weighted by molar-refractivity contribution is 7.91. The zero-order valence-corrected chi connectivity index (χ0v) is 24.6. The quantitative estimate of drug-likeness (QED) is 0.115. The van der Waals surface area contributed by atoms with E-state index in [-0.39, 0.29) is 55.2 Å². The van der Waals surface area contributed by atoms with E-state index in [1.54, 1.807) is 6.92 Å². The van der Waals surface area contributed by atoms with Crippen molar-refractivity contribution in [3.63, 3.8) is 0 Å². The molecule has 220 valence electrons. The molecule has 4 aromatic rings. The SMILES string of the molecule is CCS(=O)(=O)c1ccc(N=Nc2c(N)ccc3c(O)c(N=Nc4ccc(S(=O)(=O)CC)cc4S(=O)(=O)O)ccc23)cc1. The van der Waals surface area contributed by atoms with Crippen LogP contribution in [-0.2, 0) is 29.8 Å². The molecule has 4 rings (SSSR count). The number of phenols is 1. The number of nitrogens with zero attached hydrogens (tertiary/aromatic N) is 4. The molecule has 0 saturated carbocycles. The Morgan fingerprint density at radius 3 is 1.83 bits per heavy atom. The molecule has 0 spiro atoms. The average molecular weight is 632 g/mol. The minimum Gasteiger partial charge on any atom is -0.505 e. The Hall–Kier alpha value is -4.25. The van der Waals surface area contributed by atoms with Crippen molar-refractivity contribution in [3.8, 4) is 5.75 Å². The molecule has 0 radical (unpaired) electrons. The Bertz CT molecular complexity index is 2080. The first kappa shape index (κ1) is 30.7. The summed E-state index contributed by atoms with van der Waals surface area (Å²) in [7, 11) is -12.0. The van der Waals surface area contributed by atoms with Gasteiger partial charge in [-0.3, -0.25) is 4.55 Å². The van der Waals surface area contributed by atoms with Crippen LogP contribution >= 0.6 is 0 Å². The second-order valence-corrected chi connectivity index (χ2v) is 14.8. The lowest BCUT2D eigenvalue weighted by Gasteiger charge is -2.09. The summed E-state index contributed by atoms with van der Waals surface area (Å²) in [5.74, 6) is -0.672. The Balaban J connectivity index is 1.71. The lowest BCUT2D eigenvalue weighted by Crippen LogP contribution is -2.06. The highest BCUT2D eigenvalue weighted by atomic mass is 32.2. The minimum atomic E-state index is -4.87. The Labute approximate surface area is 242 Å². The van der Waals surface area contributed by atoms with Crippen LogP contribution in [0.2, 0.25) is 0 Å². The molecule has 0 bridgehead atoms. The van der Waals surface area contributed by atoms with Crippen LogP contribution in [0.3, 0.4) is 0 Å². The summed E-state index contributed by atoms with van der Waals surface area (Å²) in [6.07, 6.45) is 0. The molecule has 0 unspecified atom stereocenters. The third-order valence-corrected chi connectivity index (χ3v) is 10.6. The molecule has 0 aromatic heterocycles. The average Bonchev–Trinajstić information content (AvgIpc) is 2.96. The molecule has 13 nitrogen and oxygen atoms in total. The van der Waals surface area contributed by atoms with Gasteiger partial charge in [0.25, 0.3) is 10.1 Å². The lowest BCUT2D eigenvalue weighted by molar-refractivity contribution is 0.482. The summed E-state index contributed by atoms with van der Waals surface area (Å²) < 4.78 is 81.9. The number of rotatable bonds is 9. The first-order valence-corrected chi connectivity index (χ1v) is 17.0. The summed E-state index contributed by atoms with van der Waals surface area (Å²) >= 11 is 0. The van der Waals surface area contributed by atoms with Gasteiger partial charge >= 0.3 is 0 Å². The van der Waals surface area contributed by atoms with Crippen LogP contribution in [0, 0.1) is 0 Å². The second-order valence-electron chi connectivity index (χ2n) is 8.84. The summed E-state index contributed by atoms with van der Waals surface area (Å²) in [5.41, 5.74) is 6.50. The summed E-state index contributed by atoms with van der Waals surface area (Å²) in [6.45, 7) is 2.93. The normalized spacial score (nSPS) is 12.9. The highest BCUT2D eigenvalue weighted by Gasteiger charge is 2.21. The molecule has 0 heterocycles. The second kappa shape index (κ2) is 11.6. The molecule has 0 saturated heterocycles. The van der Waals surface area contributed by atoms with Crippen LogP contribution in [0.5, 0.6) is 5.75 Å². The third kappa shape index (κ3) is 6.30.